The zero-order valence-corrected chi connectivity index (χ0v) is 18.1. The number of carbonyl (C=O) groups is 1. The number of nitrogens with one attached hydrogen (secondary N) is 1. The number of benzene rings is 2. The van der Waals surface area contributed by atoms with Gasteiger partial charge in [0.25, 0.3) is 5.91 Å². The van der Waals surface area contributed by atoms with E-state index in [0.29, 0.717) is 22.7 Å². The van der Waals surface area contributed by atoms with Gasteiger partial charge in [0.05, 0.1) is 5.69 Å². The fourth-order valence-corrected chi connectivity index (χ4v) is 4.09. The molecular formula is C26H21N5O2. The molecule has 5 rings (SSSR count). The van der Waals surface area contributed by atoms with E-state index in [9.17, 15) is 10.1 Å². The average molecular weight is 435 g/mol. The predicted molar refractivity (Wildman–Crippen MR) is 124 cm³/mol. The summed E-state index contributed by atoms with van der Waals surface area (Å²) in [6, 6.07) is 20.6. The normalized spacial score (nSPS) is 12.1. The molecule has 2 aromatic carbocycles. The first-order valence-corrected chi connectivity index (χ1v) is 10.7. The molecule has 0 fully saturated rings. The summed E-state index contributed by atoms with van der Waals surface area (Å²) in [5, 5.41) is 16.9. The van der Waals surface area contributed by atoms with Gasteiger partial charge in [0.1, 0.15) is 17.4 Å². The van der Waals surface area contributed by atoms with Crippen molar-refractivity contribution in [1.29, 1.82) is 5.26 Å². The van der Waals surface area contributed by atoms with Crippen LogP contribution in [0.5, 0.6) is 11.6 Å². The van der Waals surface area contributed by atoms with Crippen molar-refractivity contribution in [3.63, 3.8) is 0 Å². The Balaban J connectivity index is 1.38. The van der Waals surface area contributed by atoms with Crippen LogP contribution in [0.4, 0.5) is 5.69 Å². The van der Waals surface area contributed by atoms with Gasteiger partial charge >= 0.3 is 0 Å². The summed E-state index contributed by atoms with van der Waals surface area (Å²) in [7, 11) is 0. The molecule has 2 heterocycles. The molecule has 0 saturated carbocycles. The monoisotopic (exact) mass is 435 g/mol. The van der Waals surface area contributed by atoms with E-state index in [1.54, 1.807) is 36.5 Å². The number of anilines is 1. The van der Waals surface area contributed by atoms with Gasteiger partial charge in [0.2, 0.25) is 5.88 Å². The number of hydrogen-bond acceptors (Lipinski definition) is 5. The van der Waals surface area contributed by atoms with Crippen LogP contribution in [0, 0.1) is 18.3 Å². The minimum absolute atomic E-state index is 0.226. The number of aromatic nitrogens is 3. The van der Waals surface area contributed by atoms with Gasteiger partial charge in [-0.1, -0.05) is 18.2 Å². The first kappa shape index (κ1) is 20.5. The highest BCUT2D eigenvalue weighted by atomic mass is 16.5. The summed E-state index contributed by atoms with van der Waals surface area (Å²) in [5.41, 5.74) is 5.42. The van der Waals surface area contributed by atoms with Gasteiger partial charge < -0.3 is 10.1 Å². The number of fused-ring (bicyclic) bond motifs is 1. The van der Waals surface area contributed by atoms with Gasteiger partial charge in [0.15, 0.2) is 5.69 Å². The van der Waals surface area contributed by atoms with Crippen molar-refractivity contribution < 1.29 is 9.53 Å². The summed E-state index contributed by atoms with van der Waals surface area (Å²) < 4.78 is 7.67. The van der Waals surface area contributed by atoms with Crippen LogP contribution in [0.25, 0.3) is 5.69 Å². The molecule has 1 amide bonds. The highest BCUT2D eigenvalue weighted by Crippen LogP contribution is 2.30. The number of carbonyl (C=O) groups excluding carboxylic acids is 1. The predicted octanol–water partition coefficient (Wildman–Crippen LogP) is 4.98. The van der Waals surface area contributed by atoms with Crippen molar-refractivity contribution in [2.24, 2.45) is 0 Å². The number of nitriles is 1. The number of nitrogens with zero attached hydrogens (tertiary/aromatic N) is 4. The van der Waals surface area contributed by atoms with Gasteiger partial charge in [-0.25, -0.2) is 9.67 Å². The van der Waals surface area contributed by atoms with E-state index in [1.165, 1.54) is 0 Å². The molecule has 4 aromatic rings. The Morgan fingerprint density at radius 2 is 1.97 bits per heavy atom. The van der Waals surface area contributed by atoms with Gasteiger partial charge in [-0.3, -0.25) is 4.79 Å². The Kier molecular flexibility index (Phi) is 5.33. The van der Waals surface area contributed by atoms with Crippen LogP contribution in [0.2, 0.25) is 0 Å². The van der Waals surface area contributed by atoms with Crippen molar-refractivity contribution in [3.8, 4) is 23.4 Å². The molecule has 0 spiro atoms. The molecule has 0 radical (unpaired) electrons. The fraction of sp³-hybridized carbons (Fsp3) is 0.154. The third-order valence-corrected chi connectivity index (χ3v) is 5.70. The largest absolute Gasteiger partial charge is 0.438 e. The van der Waals surface area contributed by atoms with Crippen LogP contribution >= 0.6 is 0 Å². The summed E-state index contributed by atoms with van der Waals surface area (Å²) in [4.78, 5) is 17.3. The second-order valence-electron chi connectivity index (χ2n) is 7.88. The van der Waals surface area contributed by atoms with E-state index < -0.39 is 0 Å². The SMILES string of the molecule is Cc1cc(Oc2ncccc2C#N)ccc1NC(=O)c1nn(-c2ccccc2)c2c1CCC2. The van der Waals surface area contributed by atoms with Crippen LogP contribution in [0.15, 0.2) is 66.9 Å². The van der Waals surface area contributed by atoms with E-state index in [0.717, 1.165) is 41.8 Å². The highest BCUT2D eigenvalue weighted by Gasteiger charge is 2.27. The van der Waals surface area contributed by atoms with Crippen molar-refractivity contribution >= 4 is 11.6 Å². The van der Waals surface area contributed by atoms with E-state index >= 15 is 0 Å². The molecule has 0 unspecified atom stereocenters. The molecule has 33 heavy (non-hydrogen) atoms. The average Bonchev–Trinajstić information content (AvgIpc) is 3.45. The molecule has 7 nitrogen and oxygen atoms in total. The van der Waals surface area contributed by atoms with Crippen LogP contribution in [0.1, 0.15) is 39.3 Å². The zero-order valence-electron chi connectivity index (χ0n) is 18.1. The Morgan fingerprint density at radius 3 is 2.76 bits per heavy atom. The highest BCUT2D eigenvalue weighted by molar-refractivity contribution is 6.04. The standard InChI is InChI=1S/C26H21N5O2/c1-17-15-20(33-26-18(16-27)7-6-14-28-26)12-13-22(17)29-25(32)24-21-10-5-11-23(21)31(30-24)19-8-3-2-4-9-19/h2-4,6-9,12-15H,5,10-11H2,1H3,(H,29,32). The molecule has 0 atom stereocenters. The molecule has 7 heteroatoms. The van der Waals surface area contributed by atoms with E-state index in [1.807, 2.05) is 41.9 Å². The number of rotatable bonds is 5. The van der Waals surface area contributed by atoms with Crippen molar-refractivity contribution in [3.05, 3.63) is 94.9 Å². The Hall–Kier alpha value is -4.44. The quantitative estimate of drug-likeness (QED) is 0.477. The first-order chi connectivity index (χ1) is 16.1. The summed E-state index contributed by atoms with van der Waals surface area (Å²) >= 11 is 0. The lowest BCUT2D eigenvalue weighted by Crippen LogP contribution is -2.15. The smallest absolute Gasteiger partial charge is 0.276 e. The van der Waals surface area contributed by atoms with Crippen LogP contribution in [0.3, 0.4) is 0 Å². The van der Waals surface area contributed by atoms with Gasteiger partial charge in [-0.15, -0.1) is 0 Å². The van der Waals surface area contributed by atoms with Gasteiger partial charge in [-0.05, 0) is 74.2 Å². The zero-order chi connectivity index (χ0) is 22.8. The third kappa shape index (κ3) is 3.94. The van der Waals surface area contributed by atoms with Crippen molar-refractivity contribution in [2.75, 3.05) is 5.32 Å². The number of amides is 1. The summed E-state index contributed by atoms with van der Waals surface area (Å²) in [6.45, 7) is 1.89. The van der Waals surface area contributed by atoms with Crippen molar-refractivity contribution in [1.82, 2.24) is 14.8 Å². The van der Waals surface area contributed by atoms with E-state index in [-0.39, 0.29) is 11.8 Å². The van der Waals surface area contributed by atoms with Crippen molar-refractivity contribution in [2.45, 2.75) is 26.2 Å². The van der Waals surface area contributed by atoms with Crippen LogP contribution in [-0.2, 0) is 12.8 Å². The van der Waals surface area contributed by atoms with Crippen LogP contribution < -0.4 is 10.1 Å². The molecule has 2 aromatic heterocycles. The number of para-hydroxylation sites is 1. The molecule has 1 aliphatic rings. The Labute approximate surface area is 191 Å². The minimum Gasteiger partial charge on any atom is -0.438 e. The Bertz CT molecular complexity index is 1390. The lowest BCUT2D eigenvalue weighted by molar-refractivity contribution is 0.102. The summed E-state index contributed by atoms with van der Waals surface area (Å²) in [5.74, 6) is 0.559. The summed E-state index contributed by atoms with van der Waals surface area (Å²) in [6.07, 6.45) is 4.35. The lowest BCUT2D eigenvalue weighted by atomic mass is 10.1. The number of hydrogen-bond donors (Lipinski definition) is 1. The maximum absolute atomic E-state index is 13.2. The topological polar surface area (TPSA) is 92.8 Å². The second kappa shape index (κ2) is 8.60. The molecular weight excluding hydrogens is 414 g/mol. The van der Waals surface area contributed by atoms with Crippen LogP contribution in [-0.4, -0.2) is 20.7 Å². The minimum atomic E-state index is -0.226. The lowest BCUT2D eigenvalue weighted by Gasteiger charge is -2.11. The molecule has 1 aliphatic carbocycles. The second-order valence-corrected chi connectivity index (χ2v) is 7.88. The van der Waals surface area contributed by atoms with E-state index in [4.69, 9.17) is 4.74 Å². The molecule has 0 bridgehead atoms. The molecule has 0 saturated heterocycles. The Morgan fingerprint density at radius 1 is 1.12 bits per heavy atom. The third-order valence-electron chi connectivity index (χ3n) is 5.70. The number of ether oxygens (including phenoxy) is 1. The first-order valence-electron chi connectivity index (χ1n) is 10.7. The van der Waals surface area contributed by atoms with Gasteiger partial charge in [-0.2, -0.15) is 10.4 Å². The number of aryl methyl sites for hydroxylation is 1. The van der Waals surface area contributed by atoms with E-state index in [2.05, 4.69) is 21.5 Å². The molecule has 1 N–H and O–H groups in total. The fourth-order valence-electron chi connectivity index (χ4n) is 4.09. The molecule has 162 valence electrons. The van der Waals surface area contributed by atoms with Gasteiger partial charge in [0, 0.05) is 23.1 Å². The maximum atomic E-state index is 13.2. The molecule has 0 aliphatic heterocycles. The number of pyridine rings is 1. The maximum Gasteiger partial charge on any atom is 0.276 e.